The van der Waals surface area contributed by atoms with Gasteiger partial charge in [0.25, 0.3) is 0 Å². The third-order valence-electron chi connectivity index (χ3n) is 4.83. The van der Waals surface area contributed by atoms with Crippen LogP contribution in [0.2, 0.25) is 0 Å². The summed E-state index contributed by atoms with van der Waals surface area (Å²) < 4.78 is 7.43. The minimum Gasteiger partial charge on any atom is -0.379 e. The second-order valence-electron chi connectivity index (χ2n) is 6.96. The molecule has 1 saturated heterocycles. The average molecular weight is 389 g/mol. The fraction of sp³-hybridized carbons (Fsp3) is 0.500. The summed E-state index contributed by atoms with van der Waals surface area (Å²) in [6.07, 6.45) is 3.73. The molecule has 0 saturated carbocycles. The molecule has 6 nitrogen and oxygen atoms in total. The molecule has 0 spiro atoms. The summed E-state index contributed by atoms with van der Waals surface area (Å²) in [7, 11) is 0. The van der Waals surface area contributed by atoms with E-state index in [0.717, 1.165) is 37.1 Å². The van der Waals surface area contributed by atoms with Crippen LogP contribution in [0.4, 0.5) is 0 Å². The van der Waals surface area contributed by atoms with Gasteiger partial charge in [0.2, 0.25) is 5.91 Å². The van der Waals surface area contributed by atoms with Crippen molar-refractivity contribution in [2.75, 3.05) is 38.6 Å². The molecule has 27 heavy (non-hydrogen) atoms. The third-order valence-corrected chi connectivity index (χ3v) is 5.79. The molecule has 1 aromatic carbocycles. The van der Waals surface area contributed by atoms with Gasteiger partial charge < -0.3 is 10.1 Å². The molecule has 1 N–H and O–H groups in total. The first-order valence-electron chi connectivity index (χ1n) is 9.37. The van der Waals surface area contributed by atoms with E-state index in [-0.39, 0.29) is 5.91 Å². The van der Waals surface area contributed by atoms with E-state index in [1.54, 1.807) is 6.20 Å². The molecule has 1 aliphatic rings. The Labute approximate surface area is 165 Å². The standard InChI is InChI=1S/C20H28N4O2S/c1-15-4-5-16(2)18(12-15)24-7-6-21-20(24)27-14-19(25)22-13-17(3)23-8-10-26-11-9-23/h4-7,12,17H,8-11,13-14H2,1-3H3,(H,22,25). The highest BCUT2D eigenvalue weighted by Gasteiger charge is 2.18. The molecule has 1 aromatic heterocycles. The molecule has 7 heteroatoms. The number of hydrogen-bond acceptors (Lipinski definition) is 5. The van der Waals surface area contributed by atoms with Crippen LogP contribution in [0.3, 0.4) is 0 Å². The Bertz CT molecular complexity index is 771. The first-order valence-corrected chi connectivity index (χ1v) is 10.4. The van der Waals surface area contributed by atoms with E-state index in [9.17, 15) is 4.79 Å². The molecule has 146 valence electrons. The number of aryl methyl sites for hydroxylation is 2. The molecule has 2 heterocycles. The maximum absolute atomic E-state index is 12.3. The highest BCUT2D eigenvalue weighted by molar-refractivity contribution is 7.99. The first kappa shape index (κ1) is 19.9. The van der Waals surface area contributed by atoms with E-state index in [0.29, 0.717) is 18.3 Å². The quantitative estimate of drug-likeness (QED) is 0.738. The first-order chi connectivity index (χ1) is 13.0. The Morgan fingerprint density at radius 2 is 2.11 bits per heavy atom. The third kappa shape index (κ3) is 5.34. The van der Waals surface area contributed by atoms with Crippen LogP contribution in [-0.4, -0.2) is 65.0 Å². The highest BCUT2D eigenvalue weighted by atomic mass is 32.2. The number of benzene rings is 1. The van der Waals surface area contributed by atoms with Crippen molar-refractivity contribution in [2.24, 2.45) is 0 Å². The van der Waals surface area contributed by atoms with Crippen molar-refractivity contribution in [3.05, 3.63) is 41.7 Å². The summed E-state index contributed by atoms with van der Waals surface area (Å²) in [5, 5.41) is 3.88. The van der Waals surface area contributed by atoms with Gasteiger partial charge in [0.15, 0.2) is 5.16 Å². The lowest BCUT2D eigenvalue weighted by molar-refractivity contribution is -0.118. The molecule has 1 aliphatic heterocycles. The minimum absolute atomic E-state index is 0.0376. The summed E-state index contributed by atoms with van der Waals surface area (Å²) in [5.41, 5.74) is 3.50. The zero-order valence-electron chi connectivity index (χ0n) is 16.3. The fourth-order valence-electron chi connectivity index (χ4n) is 3.15. The number of nitrogens with one attached hydrogen (secondary N) is 1. The van der Waals surface area contributed by atoms with Crippen LogP contribution in [0.15, 0.2) is 35.7 Å². The number of carbonyl (C=O) groups excluding carboxylic acids is 1. The summed E-state index contributed by atoms with van der Waals surface area (Å²) in [6, 6.07) is 6.68. The van der Waals surface area contributed by atoms with Crippen LogP contribution < -0.4 is 5.32 Å². The lowest BCUT2D eigenvalue weighted by Crippen LogP contribution is -2.47. The molecule has 2 aromatic rings. The van der Waals surface area contributed by atoms with Crippen molar-refractivity contribution in [3.8, 4) is 5.69 Å². The Hall–Kier alpha value is -1.83. The zero-order chi connectivity index (χ0) is 19.2. The van der Waals surface area contributed by atoms with Gasteiger partial charge in [0.1, 0.15) is 0 Å². The van der Waals surface area contributed by atoms with E-state index in [4.69, 9.17) is 4.74 Å². The molecule has 0 radical (unpaired) electrons. The number of aromatic nitrogens is 2. The van der Waals surface area contributed by atoms with Gasteiger partial charge in [-0.2, -0.15) is 0 Å². The van der Waals surface area contributed by atoms with Crippen molar-refractivity contribution in [2.45, 2.75) is 32.0 Å². The van der Waals surface area contributed by atoms with Crippen molar-refractivity contribution in [1.82, 2.24) is 19.8 Å². The molecular weight excluding hydrogens is 360 g/mol. The summed E-state index contributed by atoms with van der Waals surface area (Å²) in [6.45, 7) is 10.4. The van der Waals surface area contributed by atoms with Gasteiger partial charge in [0.05, 0.1) is 24.7 Å². The zero-order valence-corrected chi connectivity index (χ0v) is 17.1. The predicted molar refractivity (Wildman–Crippen MR) is 109 cm³/mol. The van der Waals surface area contributed by atoms with Crippen LogP contribution in [0, 0.1) is 13.8 Å². The number of amides is 1. The van der Waals surface area contributed by atoms with Gasteiger partial charge in [-0.1, -0.05) is 23.9 Å². The van der Waals surface area contributed by atoms with Crippen molar-refractivity contribution >= 4 is 17.7 Å². The molecule has 0 bridgehead atoms. The Morgan fingerprint density at radius 3 is 2.89 bits per heavy atom. The monoisotopic (exact) mass is 388 g/mol. The second-order valence-corrected chi connectivity index (χ2v) is 7.90. The lowest BCUT2D eigenvalue weighted by Gasteiger charge is -2.32. The smallest absolute Gasteiger partial charge is 0.230 e. The van der Waals surface area contributed by atoms with Crippen LogP contribution in [0.1, 0.15) is 18.1 Å². The van der Waals surface area contributed by atoms with Gasteiger partial charge in [-0.05, 0) is 38.0 Å². The number of ether oxygens (including phenoxy) is 1. The number of imidazole rings is 1. The molecule has 0 aliphatic carbocycles. The Morgan fingerprint density at radius 1 is 1.33 bits per heavy atom. The minimum atomic E-state index is 0.0376. The summed E-state index contributed by atoms with van der Waals surface area (Å²) in [4.78, 5) is 19.1. The molecular formula is C20H28N4O2S. The van der Waals surface area contributed by atoms with Gasteiger partial charge in [-0.3, -0.25) is 14.3 Å². The van der Waals surface area contributed by atoms with E-state index in [2.05, 4.69) is 58.7 Å². The number of hydrogen-bond donors (Lipinski definition) is 1. The van der Waals surface area contributed by atoms with Crippen LogP contribution in [-0.2, 0) is 9.53 Å². The Kier molecular flexibility index (Phi) is 6.93. The molecule has 1 amide bonds. The van der Waals surface area contributed by atoms with E-state index < -0.39 is 0 Å². The SMILES string of the molecule is Cc1ccc(C)c(-n2ccnc2SCC(=O)NCC(C)N2CCOCC2)c1. The normalized spacial score (nSPS) is 16.3. The van der Waals surface area contributed by atoms with Gasteiger partial charge in [-0.25, -0.2) is 4.98 Å². The number of morpholine rings is 1. The van der Waals surface area contributed by atoms with Gasteiger partial charge in [-0.15, -0.1) is 0 Å². The maximum atomic E-state index is 12.3. The van der Waals surface area contributed by atoms with Crippen molar-refractivity contribution < 1.29 is 9.53 Å². The van der Waals surface area contributed by atoms with Crippen LogP contribution in [0.5, 0.6) is 0 Å². The summed E-state index contributed by atoms with van der Waals surface area (Å²) in [5.74, 6) is 0.396. The number of thioether (sulfide) groups is 1. The number of carbonyl (C=O) groups is 1. The maximum Gasteiger partial charge on any atom is 0.230 e. The van der Waals surface area contributed by atoms with Crippen LogP contribution >= 0.6 is 11.8 Å². The molecule has 1 unspecified atom stereocenters. The van der Waals surface area contributed by atoms with Crippen molar-refractivity contribution in [1.29, 1.82) is 0 Å². The summed E-state index contributed by atoms with van der Waals surface area (Å²) >= 11 is 1.46. The van der Waals surface area contributed by atoms with Gasteiger partial charge >= 0.3 is 0 Å². The Balaban J connectivity index is 1.52. The lowest BCUT2D eigenvalue weighted by atomic mass is 10.1. The molecule has 1 atom stereocenters. The fourth-order valence-corrected chi connectivity index (χ4v) is 3.94. The average Bonchev–Trinajstić information content (AvgIpc) is 3.15. The largest absolute Gasteiger partial charge is 0.379 e. The topological polar surface area (TPSA) is 59.4 Å². The molecule has 1 fully saturated rings. The van der Waals surface area contributed by atoms with Crippen molar-refractivity contribution in [3.63, 3.8) is 0 Å². The van der Waals surface area contributed by atoms with E-state index >= 15 is 0 Å². The predicted octanol–water partition coefficient (Wildman–Crippen LogP) is 2.42. The van der Waals surface area contributed by atoms with E-state index in [1.807, 2.05) is 6.20 Å². The van der Waals surface area contributed by atoms with Crippen LogP contribution in [0.25, 0.3) is 5.69 Å². The second kappa shape index (κ2) is 9.39. The highest BCUT2D eigenvalue weighted by Crippen LogP contribution is 2.23. The number of rotatable bonds is 7. The van der Waals surface area contributed by atoms with E-state index in [1.165, 1.54) is 22.9 Å². The number of nitrogens with zero attached hydrogens (tertiary/aromatic N) is 3. The van der Waals surface area contributed by atoms with Gasteiger partial charge in [0, 0.05) is 38.1 Å². The molecule has 3 rings (SSSR count).